The summed E-state index contributed by atoms with van der Waals surface area (Å²) in [6.07, 6.45) is 2.58. The molecule has 2 unspecified atom stereocenters. The number of piperidine rings is 1. The van der Waals surface area contributed by atoms with Crippen LogP contribution in [0.15, 0.2) is 18.2 Å². The summed E-state index contributed by atoms with van der Waals surface area (Å²) in [6, 6.07) is 5.10. The van der Waals surface area contributed by atoms with Crippen molar-refractivity contribution in [1.29, 1.82) is 0 Å². The van der Waals surface area contributed by atoms with Gasteiger partial charge in [0.25, 0.3) is 11.8 Å². The zero-order valence-corrected chi connectivity index (χ0v) is 19.1. The lowest BCUT2D eigenvalue weighted by Gasteiger charge is -2.39. The van der Waals surface area contributed by atoms with Gasteiger partial charge in [0.2, 0.25) is 0 Å². The Morgan fingerprint density at radius 1 is 1.13 bits per heavy atom. The first-order valence-corrected chi connectivity index (χ1v) is 11.1. The second-order valence-corrected chi connectivity index (χ2v) is 8.54. The summed E-state index contributed by atoms with van der Waals surface area (Å²) in [5.41, 5.74) is 0.568. The molecule has 8 nitrogen and oxygen atoms in total. The van der Waals surface area contributed by atoms with Gasteiger partial charge in [-0.05, 0) is 50.8 Å². The maximum absolute atomic E-state index is 13.0. The zero-order valence-electron chi connectivity index (χ0n) is 19.1. The van der Waals surface area contributed by atoms with Gasteiger partial charge in [0.15, 0.2) is 18.1 Å². The fourth-order valence-corrected chi connectivity index (χ4v) is 4.44. The van der Waals surface area contributed by atoms with Gasteiger partial charge < -0.3 is 24.4 Å². The van der Waals surface area contributed by atoms with Gasteiger partial charge >= 0.3 is 0 Å². The van der Waals surface area contributed by atoms with Crippen molar-refractivity contribution in [3.8, 4) is 11.5 Å². The number of likely N-dealkylation sites (tertiary alicyclic amines) is 1. The first-order valence-electron chi connectivity index (χ1n) is 11.1. The molecule has 2 heterocycles. The molecule has 2 amide bonds. The van der Waals surface area contributed by atoms with Gasteiger partial charge in [0.1, 0.15) is 0 Å². The van der Waals surface area contributed by atoms with Gasteiger partial charge in [-0.15, -0.1) is 0 Å². The molecule has 0 aliphatic carbocycles. The Balaban J connectivity index is 1.53. The Morgan fingerprint density at radius 2 is 1.81 bits per heavy atom. The summed E-state index contributed by atoms with van der Waals surface area (Å²) in [5.74, 6) is 1.27. The second kappa shape index (κ2) is 10.8. The van der Waals surface area contributed by atoms with E-state index in [9.17, 15) is 9.59 Å². The topological polar surface area (TPSA) is 80.3 Å². The van der Waals surface area contributed by atoms with E-state index in [0.717, 1.165) is 45.6 Å². The van der Waals surface area contributed by atoms with Crippen LogP contribution in [-0.2, 0) is 9.53 Å². The zero-order chi connectivity index (χ0) is 22.4. The molecule has 1 aromatic rings. The minimum absolute atomic E-state index is 0.00298. The van der Waals surface area contributed by atoms with Gasteiger partial charge in [-0.2, -0.15) is 0 Å². The average Bonchev–Trinajstić information content (AvgIpc) is 2.76. The summed E-state index contributed by atoms with van der Waals surface area (Å²) in [7, 11) is 3.07. The van der Waals surface area contributed by atoms with E-state index >= 15 is 0 Å². The Hall–Kier alpha value is -2.32. The number of hydrogen-bond donors (Lipinski definition) is 1. The van der Waals surface area contributed by atoms with E-state index in [-0.39, 0.29) is 30.6 Å². The molecule has 3 rings (SSSR count). The van der Waals surface area contributed by atoms with Crippen LogP contribution in [0.5, 0.6) is 11.5 Å². The highest BCUT2D eigenvalue weighted by Gasteiger charge is 2.28. The van der Waals surface area contributed by atoms with Crippen LogP contribution in [0.4, 0.5) is 0 Å². The van der Waals surface area contributed by atoms with Gasteiger partial charge in [-0.3, -0.25) is 14.5 Å². The Bertz CT molecular complexity index is 754. The molecule has 2 saturated heterocycles. The third-order valence-electron chi connectivity index (χ3n) is 5.96. The minimum Gasteiger partial charge on any atom is -0.493 e. The molecule has 2 aliphatic heterocycles. The molecule has 0 bridgehead atoms. The smallest absolute Gasteiger partial charge is 0.257 e. The van der Waals surface area contributed by atoms with E-state index in [2.05, 4.69) is 24.1 Å². The van der Waals surface area contributed by atoms with Crippen LogP contribution < -0.4 is 14.8 Å². The van der Waals surface area contributed by atoms with Gasteiger partial charge in [0.05, 0.1) is 19.3 Å². The molecule has 1 aromatic carbocycles. The molecule has 2 fully saturated rings. The van der Waals surface area contributed by atoms with Gasteiger partial charge in [0, 0.05) is 45.3 Å². The Morgan fingerprint density at radius 3 is 2.42 bits per heavy atom. The number of methoxy groups -OCH3 is 1. The van der Waals surface area contributed by atoms with E-state index in [0.29, 0.717) is 23.0 Å². The van der Waals surface area contributed by atoms with E-state index in [4.69, 9.17) is 14.2 Å². The highest BCUT2D eigenvalue weighted by molar-refractivity contribution is 5.95. The van der Waals surface area contributed by atoms with Crippen LogP contribution in [0.3, 0.4) is 0 Å². The summed E-state index contributed by atoms with van der Waals surface area (Å²) < 4.78 is 16.7. The van der Waals surface area contributed by atoms with E-state index < -0.39 is 0 Å². The molecule has 2 aliphatic rings. The lowest BCUT2D eigenvalue weighted by molar-refractivity contribution is -0.122. The van der Waals surface area contributed by atoms with Crippen LogP contribution in [0.2, 0.25) is 0 Å². The molecule has 172 valence electrons. The first-order chi connectivity index (χ1) is 14.9. The van der Waals surface area contributed by atoms with Crippen molar-refractivity contribution in [1.82, 2.24) is 15.1 Å². The first kappa shape index (κ1) is 23.3. The van der Waals surface area contributed by atoms with Crippen molar-refractivity contribution >= 4 is 11.8 Å². The Kier molecular flexibility index (Phi) is 8.15. The van der Waals surface area contributed by atoms with Gasteiger partial charge in [-0.25, -0.2) is 0 Å². The number of carbonyl (C=O) groups is 2. The van der Waals surface area contributed by atoms with E-state index in [1.807, 2.05) is 4.90 Å². The molecule has 1 N–H and O–H groups in total. The number of amides is 2. The fraction of sp³-hybridized carbons (Fsp3) is 0.652. The standard InChI is InChI=1S/C23H35N3O5/c1-16-12-25(13-17(2)31-16)14-18-7-9-26(10-8-18)23(28)19-5-6-20(21(11-19)29-4)30-15-22(27)24-3/h5-6,11,16-18H,7-10,12-15H2,1-4H3,(H,24,27). The molecule has 8 heteroatoms. The number of nitrogens with one attached hydrogen (secondary N) is 1. The van der Waals surface area contributed by atoms with Crippen LogP contribution in [0.1, 0.15) is 37.0 Å². The van der Waals surface area contributed by atoms with Crippen molar-refractivity contribution in [3.05, 3.63) is 23.8 Å². The third-order valence-corrected chi connectivity index (χ3v) is 5.96. The van der Waals surface area contributed by atoms with Crippen molar-refractivity contribution < 1.29 is 23.8 Å². The Labute approximate surface area is 184 Å². The van der Waals surface area contributed by atoms with Crippen molar-refractivity contribution in [2.24, 2.45) is 5.92 Å². The second-order valence-electron chi connectivity index (χ2n) is 8.54. The predicted octanol–water partition coefficient (Wildman–Crippen LogP) is 1.78. The predicted molar refractivity (Wildman–Crippen MR) is 118 cm³/mol. The molecule has 0 radical (unpaired) electrons. The van der Waals surface area contributed by atoms with E-state index in [1.165, 1.54) is 7.11 Å². The highest BCUT2D eigenvalue weighted by Crippen LogP contribution is 2.29. The quantitative estimate of drug-likeness (QED) is 0.706. The average molecular weight is 434 g/mol. The number of hydrogen-bond acceptors (Lipinski definition) is 6. The van der Waals surface area contributed by atoms with Crippen molar-refractivity contribution in [2.45, 2.75) is 38.9 Å². The number of likely N-dealkylation sites (N-methyl/N-ethyl adjacent to an activating group) is 1. The lowest BCUT2D eigenvalue weighted by Crippen LogP contribution is -2.48. The third kappa shape index (κ3) is 6.33. The van der Waals surface area contributed by atoms with Crippen LogP contribution in [0, 0.1) is 5.92 Å². The molecule has 0 aromatic heterocycles. The largest absolute Gasteiger partial charge is 0.493 e. The van der Waals surface area contributed by atoms with E-state index in [1.54, 1.807) is 25.2 Å². The normalized spacial score (nSPS) is 22.8. The van der Waals surface area contributed by atoms with Crippen molar-refractivity contribution in [3.63, 3.8) is 0 Å². The highest BCUT2D eigenvalue weighted by atomic mass is 16.5. The molecule has 2 atom stereocenters. The number of rotatable bonds is 7. The van der Waals surface area contributed by atoms with Crippen LogP contribution in [0.25, 0.3) is 0 Å². The summed E-state index contributed by atoms with van der Waals surface area (Å²) in [4.78, 5) is 28.8. The molecule has 0 saturated carbocycles. The number of morpholine rings is 1. The minimum atomic E-state index is -0.230. The lowest BCUT2D eigenvalue weighted by atomic mass is 9.95. The van der Waals surface area contributed by atoms with Crippen LogP contribution in [-0.4, -0.2) is 87.3 Å². The number of nitrogens with zero attached hydrogens (tertiary/aromatic N) is 2. The maximum atomic E-state index is 13.0. The number of carbonyl (C=O) groups excluding carboxylic acids is 2. The van der Waals surface area contributed by atoms with Crippen LogP contribution >= 0.6 is 0 Å². The molecular formula is C23H35N3O5. The monoisotopic (exact) mass is 433 g/mol. The van der Waals surface area contributed by atoms with Gasteiger partial charge in [-0.1, -0.05) is 0 Å². The van der Waals surface area contributed by atoms with Crippen molar-refractivity contribution in [2.75, 3.05) is 53.5 Å². The summed E-state index contributed by atoms with van der Waals surface area (Å²) >= 11 is 0. The SMILES string of the molecule is CNC(=O)COc1ccc(C(=O)N2CCC(CN3CC(C)OC(C)C3)CC2)cc1OC. The summed E-state index contributed by atoms with van der Waals surface area (Å²) in [6.45, 7) is 8.72. The molecule has 0 spiro atoms. The maximum Gasteiger partial charge on any atom is 0.257 e. The molecule has 31 heavy (non-hydrogen) atoms. The molecular weight excluding hydrogens is 398 g/mol. The summed E-state index contributed by atoms with van der Waals surface area (Å²) in [5, 5.41) is 2.50. The fourth-order valence-electron chi connectivity index (χ4n) is 4.44. The number of benzene rings is 1. The number of ether oxygens (including phenoxy) is 3.